The van der Waals surface area contributed by atoms with E-state index in [4.69, 9.17) is 0 Å². The monoisotopic (exact) mass is 339 g/mol. The van der Waals surface area contributed by atoms with Crippen LogP contribution in [-0.2, 0) is 9.53 Å². The van der Waals surface area contributed by atoms with E-state index in [1.165, 1.54) is 4.90 Å². The van der Waals surface area contributed by atoms with Crippen LogP contribution in [0.4, 0.5) is 15.8 Å². The molecule has 24 heavy (non-hydrogen) atoms. The molecule has 0 aliphatic carbocycles. The lowest BCUT2D eigenvalue weighted by Crippen LogP contribution is -2.57. The lowest BCUT2D eigenvalue weighted by molar-refractivity contribution is -0.384. The number of hydrogen-bond acceptors (Lipinski definition) is 6. The number of nitrogens with one attached hydrogen (secondary N) is 1. The van der Waals surface area contributed by atoms with Crippen LogP contribution in [0.5, 0.6) is 0 Å². The van der Waals surface area contributed by atoms with Crippen molar-refractivity contribution in [1.82, 2.24) is 5.32 Å². The average molecular weight is 339 g/mol. The molecular weight excluding hydrogens is 321 g/mol. The SMILES string of the molecule is COC(=O)c1cc([N+](=O)[O-])c(N2CCN[C@H](C(C)C)C2=O)cc1F. The number of hydrogen-bond donors (Lipinski definition) is 1. The van der Waals surface area contributed by atoms with Crippen molar-refractivity contribution in [1.29, 1.82) is 0 Å². The number of benzene rings is 1. The minimum Gasteiger partial charge on any atom is -0.465 e. The van der Waals surface area contributed by atoms with E-state index in [9.17, 15) is 24.1 Å². The van der Waals surface area contributed by atoms with Crippen molar-refractivity contribution in [2.45, 2.75) is 19.9 Å². The lowest BCUT2D eigenvalue weighted by Gasteiger charge is -2.34. The molecule has 2 rings (SSSR count). The average Bonchev–Trinajstić information content (AvgIpc) is 2.53. The number of nitro groups is 1. The maximum Gasteiger partial charge on any atom is 0.341 e. The highest BCUT2D eigenvalue weighted by Crippen LogP contribution is 2.33. The summed E-state index contributed by atoms with van der Waals surface area (Å²) in [5.74, 6) is -2.40. The minimum absolute atomic E-state index is 0.0291. The Morgan fingerprint density at radius 2 is 2.17 bits per heavy atom. The van der Waals surface area contributed by atoms with Gasteiger partial charge >= 0.3 is 5.97 Å². The summed E-state index contributed by atoms with van der Waals surface area (Å²) in [5, 5.41) is 14.4. The Kier molecular flexibility index (Phi) is 5.13. The molecule has 0 aromatic heterocycles. The number of esters is 1. The van der Waals surface area contributed by atoms with E-state index < -0.39 is 34.0 Å². The smallest absolute Gasteiger partial charge is 0.341 e. The van der Waals surface area contributed by atoms with Gasteiger partial charge in [0.05, 0.1) is 18.1 Å². The highest BCUT2D eigenvalue weighted by atomic mass is 19.1. The van der Waals surface area contributed by atoms with Crippen LogP contribution in [0, 0.1) is 21.8 Å². The molecule has 0 bridgehead atoms. The quantitative estimate of drug-likeness (QED) is 0.506. The first-order valence-corrected chi connectivity index (χ1v) is 7.39. The summed E-state index contributed by atoms with van der Waals surface area (Å²) in [6, 6.07) is 1.13. The Morgan fingerprint density at radius 3 is 2.71 bits per heavy atom. The number of nitro benzene ring substituents is 1. The number of methoxy groups -OCH3 is 1. The van der Waals surface area contributed by atoms with Crippen LogP contribution in [0.1, 0.15) is 24.2 Å². The Labute approximate surface area is 137 Å². The number of amides is 1. The largest absolute Gasteiger partial charge is 0.465 e. The lowest BCUT2D eigenvalue weighted by atomic mass is 10.00. The van der Waals surface area contributed by atoms with E-state index in [-0.39, 0.29) is 24.1 Å². The van der Waals surface area contributed by atoms with Crippen molar-refractivity contribution in [2.24, 2.45) is 5.92 Å². The highest BCUT2D eigenvalue weighted by molar-refractivity contribution is 6.01. The molecule has 9 heteroatoms. The topological polar surface area (TPSA) is 102 Å². The molecule has 0 unspecified atom stereocenters. The molecule has 1 aromatic rings. The molecule has 1 fully saturated rings. The summed E-state index contributed by atoms with van der Waals surface area (Å²) >= 11 is 0. The van der Waals surface area contributed by atoms with Gasteiger partial charge in [-0.15, -0.1) is 0 Å². The summed E-state index contributed by atoms with van der Waals surface area (Å²) in [6.45, 7) is 4.27. The first-order valence-electron chi connectivity index (χ1n) is 7.39. The zero-order valence-corrected chi connectivity index (χ0v) is 13.5. The molecule has 1 heterocycles. The van der Waals surface area contributed by atoms with Crippen LogP contribution in [0.2, 0.25) is 0 Å². The molecule has 1 aliphatic heterocycles. The Bertz CT molecular complexity index is 692. The summed E-state index contributed by atoms with van der Waals surface area (Å²) in [5.41, 5.74) is -1.23. The van der Waals surface area contributed by atoms with E-state index in [0.717, 1.165) is 19.2 Å². The van der Waals surface area contributed by atoms with Gasteiger partial charge in [0, 0.05) is 25.2 Å². The molecule has 0 radical (unpaired) electrons. The molecule has 0 saturated carbocycles. The number of halogens is 1. The normalized spacial score (nSPS) is 18.0. The minimum atomic E-state index is -1.02. The van der Waals surface area contributed by atoms with Crippen LogP contribution < -0.4 is 10.2 Å². The van der Waals surface area contributed by atoms with Gasteiger partial charge in [0.25, 0.3) is 5.69 Å². The number of ether oxygens (including phenoxy) is 1. The highest BCUT2D eigenvalue weighted by Gasteiger charge is 2.35. The van der Waals surface area contributed by atoms with E-state index >= 15 is 0 Å². The fourth-order valence-corrected chi connectivity index (χ4v) is 2.64. The predicted octanol–water partition coefficient (Wildman–Crippen LogP) is 1.48. The van der Waals surface area contributed by atoms with Gasteiger partial charge in [-0.25, -0.2) is 9.18 Å². The molecule has 1 aromatic carbocycles. The third kappa shape index (κ3) is 3.21. The number of piperazine rings is 1. The van der Waals surface area contributed by atoms with Crippen molar-refractivity contribution in [3.05, 3.63) is 33.6 Å². The van der Waals surface area contributed by atoms with Crippen LogP contribution in [0.3, 0.4) is 0 Å². The number of carbonyl (C=O) groups excluding carboxylic acids is 2. The summed E-state index contributed by atoms with van der Waals surface area (Å²) in [4.78, 5) is 35.9. The first kappa shape index (κ1) is 17.8. The van der Waals surface area contributed by atoms with Crippen molar-refractivity contribution in [3.63, 3.8) is 0 Å². The van der Waals surface area contributed by atoms with Crippen molar-refractivity contribution in [3.8, 4) is 0 Å². The van der Waals surface area contributed by atoms with Gasteiger partial charge in [0.15, 0.2) is 0 Å². The van der Waals surface area contributed by atoms with E-state index in [0.29, 0.717) is 6.54 Å². The van der Waals surface area contributed by atoms with Crippen molar-refractivity contribution < 1.29 is 23.6 Å². The van der Waals surface area contributed by atoms with E-state index in [1.807, 2.05) is 13.8 Å². The van der Waals surface area contributed by atoms with Crippen molar-refractivity contribution in [2.75, 3.05) is 25.1 Å². The second kappa shape index (κ2) is 6.91. The summed E-state index contributed by atoms with van der Waals surface area (Å²) in [6.07, 6.45) is 0. The third-order valence-electron chi connectivity index (χ3n) is 3.86. The molecule has 1 N–H and O–H groups in total. The van der Waals surface area contributed by atoms with E-state index in [1.54, 1.807) is 0 Å². The predicted molar refractivity (Wildman–Crippen MR) is 83.4 cm³/mol. The molecule has 1 atom stereocenters. The fraction of sp³-hybridized carbons (Fsp3) is 0.467. The maximum atomic E-state index is 14.2. The zero-order valence-electron chi connectivity index (χ0n) is 13.5. The molecule has 1 amide bonds. The van der Waals surface area contributed by atoms with Gasteiger partial charge in [-0.3, -0.25) is 14.9 Å². The van der Waals surface area contributed by atoms with Gasteiger partial charge in [-0.05, 0) is 5.92 Å². The standard InChI is InChI=1S/C15H18FN3O5/c1-8(2)13-14(20)18(5-4-17-13)11-7-10(16)9(15(21)24-3)6-12(11)19(22)23/h6-8,13,17H,4-5H2,1-3H3/t13-/m1/s1. The molecule has 130 valence electrons. The second-order valence-electron chi connectivity index (χ2n) is 5.74. The third-order valence-corrected chi connectivity index (χ3v) is 3.86. The van der Waals surface area contributed by atoms with Crippen LogP contribution >= 0.6 is 0 Å². The zero-order chi connectivity index (χ0) is 18.0. The number of rotatable bonds is 4. The first-order chi connectivity index (χ1) is 11.3. The van der Waals surface area contributed by atoms with Crippen molar-refractivity contribution >= 4 is 23.3 Å². The summed E-state index contributed by atoms with van der Waals surface area (Å²) in [7, 11) is 1.05. The van der Waals surface area contributed by atoms with Gasteiger partial charge in [0.1, 0.15) is 17.1 Å². The number of carbonyl (C=O) groups is 2. The van der Waals surface area contributed by atoms with Gasteiger partial charge < -0.3 is 15.0 Å². The van der Waals surface area contributed by atoms with Gasteiger partial charge in [-0.2, -0.15) is 0 Å². The van der Waals surface area contributed by atoms with Crippen LogP contribution in [-0.4, -0.2) is 43.0 Å². The van der Waals surface area contributed by atoms with Gasteiger partial charge in [0.2, 0.25) is 5.91 Å². The number of nitrogens with zero attached hydrogens (tertiary/aromatic N) is 2. The van der Waals surface area contributed by atoms with Crippen LogP contribution in [0.15, 0.2) is 12.1 Å². The second-order valence-corrected chi connectivity index (χ2v) is 5.74. The Morgan fingerprint density at radius 1 is 1.50 bits per heavy atom. The van der Waals surface area contributed by atoms with E-state index in [2.05, 4.69) is 10.1 Å². The number of anilines is 1. The fourth-order valence-electron chi connectivity index (χ4n) is 2.64. The molecule has 8 nitrogen and oxygen atoms in total. The molecular formula is C15H18FN3O5. The van der Waals surface area contributed by atoms with Crippen LogP contribution in [0.25, 0.3) is 0 Å². The Balaban J connectivity index is 2.53. The molecule has 1 saturated heterocycles. The Hall–Kier alpha value is -2.55. The molecule has 0 spiro atoms. The molecule has 1 aliphatic rings. The van der Waals surface area contributed by atoms with Gasteiger partial charge in [-0.1, -0.05) is 13.8 Å². The maximum absolute atomic E-state index is 14.2. The summed E-state index contributed by atoms with van der Waals surface area (Å²) < 4.78 is 18.6.